The highest BCUT2D eigenvalue weighted by atomic mass is 19.3. The Labute approximate surface area is 78.1 Å². The normalized spacial score (nSPS) is 14.4. The van der Waals surface area contributed by atoms with Gasteiger partial charge in [-0.2, -0.15) is 8.78 Å². The van der Waals surface area contributed by atoms with Crippen LogP contribution < -0.4 is 5.32 Å². The van der Waals surface area contributed by atoms with Crippen molar-refractivity contribution in [1.82, 2.24) is 5.32 Å². The predicted molar refractivity (Wildman–Crippen MR) is 40.7 cm³/mol. The quantitative estimate of drug-likeness (QED) is 0.660. The number of aliphatic carboxylic acids is 1. The third kappa shape index (κ3) is 3.91. The van der Waals surface area contributed by atoms with Crippen LogP contribution in [0, 0.1) is 0 Å². The lowest BCUT2D eigenvalue weighted by atomic mass is 10.2. The molecule has 14 heavy (non-hydrogen) atoms. The summed E-state index contributed by atoms with van der Waals surface area (Å²) in [6, 6.07) is -1.22. The van der Waals surface area contributed by atoms with E-state index in [0.717, 1.165) is 0 Å². The van der Waals surface area contributed by atoms with E-state index in [9.17, 15) is 22.4 Å². The van der Waals surface area contributed by atoms with Gasteiger partial charge in [0.15, 0.2) is 0 Å². The molecule has 1 atom stereocenters. The Balaban J connectivity index is 4.09. The summed E-state index contributed by atoms with van der Waals surface area (Å²) in [4.78, 5) is 10.3. The van der Waals surface area contributed by atoms with Gasteiger partial charge in [-0.25, -0.2) is 8.78 Å². The standard InChI is InChI=1S/C7H11F4NO2/c1-2-4(5(13)14)12-3-7(10,11)6(8)9/h4,6,12H,2-3H2,1H3,(H,13,14). The highest BCUT2D eigenvalue weighted by molar-refractivity contribution is 5.73. The van der Waals surface area contributed by atoms with Crippen molar-refractivity contribution in [2.75, 3.05) is 6.54 Å². The second kappa shape index (κ2) is 5.14. The van der Waals surface area contributed by atoms with E-state index >= 15 is 0 Å². The third-order valence-corrected chi connectivity index (χ3v) is 1.61. The molecule has 0 aromatic carbocycles. The number of alkyl halides is 4. The number of carboxylic acid groups (broad SMARTS) is 1. The molecule has 0 amide bonds. The lowest BCUT2D eigenvalue weighted by Gasteiger charge is -2.18. The van der Waals surface area contributed by atoms with E-state index in [4.69, 9.17) is 5.11 Å². The lowest BCUT2D eigenvalue weighted by molar-refractivity contribution is -0.143. The first-order valence-corrected chi connectivity index (χ1v) is 3.93. The smallest absolute Gasteiger partial charge is 0.320 e. The monoisotopic (exact) mass is 217 g/mol. The SMILES string of the molecule is CCC(NCC(F)(F)C(F)F)C(=O)O. The van der Waals surface area contributed by atoms with Gasteiger partial charge in [0.25, 0.3) is 0 Å². The summed E-state index contributed by atoms with van der Waals surface area (Å²) in [6.45, 7) is 0.113. The molecule has 0 saturated carbocycles. The fourth-order valence-corrected chi connectivity index (χ4v) is 0.743. The number of rotatable bonds is 6. The van der Waals surface area contributed by atoms with E-state index in [2.05, 4.69) is 0 Å². The first kappa shape index (κ1) is 13.2. The van der Waals surface area contributed by atoms with Crippen molar-refractivity contribution >= 4 is 5.97 Å². The maximum atomic E-state index is 12.3. The molecule has 0 aromatic heterocycles. The maximum Gasteiger partial charge on any atom is 0.320 e. The number of hydrogen-bond donors (Lipinski definition) is 2. The van der Waals surface area contributed by atoms with Crippen molar-refractivity contribution in [3.63, 3.8) is 0 Å². The largest absolute Gasteiger partial charge is 0.480 e. The zero-order valence-corrected chi connectivity index (χ0v) is 7.44. The van der Waals surface area contributed by atoms with E-state index in [0.29, 0.717) is 0 Å². The Morgan fingerprint density at radius 3 is 2.29 bits per heavy atom. The molecule has 0 heterocycles. The average Bonchev–Trinajstić information content (AvgIpc) is 2.04. The fraction of sp³-hybridized carbons (Fsp3) is 0.857. The van der Waals surface area contributed by atoms with Crippen molar-refractivity contribution in [3.8, 4) is 0 Å². The minimum Gasteiger partial charge on any atom is -0.480 e. The van der Waals surface area contributed by atoms with Gasteiger partial charge in [-0.3, -0.25) is 10.1 Å². The van der Waals surface area contributed by atoms with Gasteiger partial charge < -0.3 is 5.11 Å². The van der Waals surface area contributed by atoms with E-state index in [1.54, 1.807) is 0 Å². The lowest BCUT2D eigenvalue weighted by Crippen LogP contribution is -2.46. The van der Waals surface area contributed by atoms with Gasteiger partial charge in [0, 0.05) is 0 Å². The first-order chi connectivity index (χ1) is 6.31. The number of carboxylic acids is 1. The minimum absolute atomic E-state index is 0.0502. The van der Waals surface area contributed by atoms with Gasteiger partial charge in [0.2, 0.25) is 0 Å². The second-order valence-corrected chi connectivity index (χ2v) is 2.74. The molecule has 0 aromatic rings. The molecule has 0 fully saturated rings. The molecule has 0 rings (SSSR count). The van der Waals surface area contributed by atoms with E-state index in [1.165, 1.54) is 6.92 Å². The summed E-state index contributed by atoms with van der Waals surface area (Å²) < 4.78 is 47.9. The van der Waals surface area contributed by atoms with Gasteiger partial charge in [-0.15, -0.1) is 0 Å². The van der Waals surface area contributed by atoms with Gasteiger partial charge in [0.05, 0.1) is 6.54 Å². The van der Waals surface area contributed by atoms with E-state index < -0.39 is 30.9 Å². The molecule has 0 spiro atoms. The van der Waals surface area contributed by atoms with Crippen LogP contribution in [0.1, 0.15) is 13.3 Å². The molecule has 0 saturated heterocycles. The van der Waals surface area contributed by atoms with Crippen LogP contribution in [0.15, 0.2) is 0 Å². The fourth-order valence-electron chi connectivity index (χ4n) is 0.743. The van der Waals surface area contributed by atoms with Gasteiger partial charge in [0.1, 0.15) is 6.04 Å². The van der Waals surface area contributed by atoms with E-state index in [1.807, 2.05) is 5.32 Å². The van der Waals surface area contributed by atoms with Crippen LogP contribution in [-0.2, 0) is 4.79 Å². The first-order valence-electron chi connectivity index (χ1n) is 3.93. The molecule has 0 aliphatic heterocycles. The molecule has 0 radical (unpaired) electrons. The van der Waals surface area contributed by atoms with Gasteiger partial charge >= 0.3 is 18.3 Å². The van der Waals surface area contributed by atoms with Crippen LogP contribution in [0.5, 0.6) is 0 Å². The Kier molecular flexibility index (Phi) is 4.82. The zero-order chi connectivity index (χ0) is 11.4. The number of nitrogens with one attached hydrogen (secondary N) is 1. The van der Waals surface area contributed by atoms with Crippen LogP contribution in [0.25, 0.3) is 0 Å². The van der Waals surface area contributed by atoms with Crippen LogP contribution >= 0.6 is 0 Å². The van der Waals surface area contributed by atoms with Crippen LogP contribution in [0.2, 0.25) is 0 Å². The van der Waals surface area contributed by atoms with Crippen molar-refractivity contribution in [2.24, 2.45) is 0 Å². The summed E-state index contributed by atoms with van der Waals surface area (Å²) in [5.41, 5.74) is 0. The van der Waals surface area contributed by atoms with Crippen molar-refractivity contribution in [1.29, 1.82) is 0 Å². The molecule has 3 nitrogen and oxygen atoms in total. The van der Waals surface area contributed by atoms with Crippen LogP contribution in [0.4, 0.5) is 17.6 Å². The molecule has 0 aliphatic rings. The van der Waals surface area contributed by atoms with Gasteiger partial charge in [-0.1, -0.05) is 6.92 Å². The Morgan fingerprint density at radius 1 is 1.50 bits per heavy atom. The topological polar surface area (TPSA) is 49.3 Å². The number of carbonyl (C=O) groups is 1. The average molecular weight is 217 g/mol. The highest BCUT2D eigenvalue weighted by Crippen LogP contribution is 2.21. The van der Waals surface area contributed by atoms with Crippen LogP contribution in [-0.4, -0.2) is 36.0 Å². The molecule has 2 N–H and O–H groups in total. The minimum atomic E-state index is -4.19. The van der Waals surface area contributed by atoms with Crippen molar-refractivity contribution < 1.29 is 27.5 Å². The Hall–Kier alpha value is -0.850. The van der Waals surface area contributed by atoms with Gasteiger partial charge in [-0.05, 0) is 6.42 Å². The third-order valence-electron chi connectivity index (χ3n) is 1.61. The summed E-state index contributed by atoms with van der Waals surface area (Å²) in [5.74, 6) is -5.53. The molecular formula is C7H11F4NO2. The molecule has 7 heteroatoms. The van der Waals surface area contributed by atoms with Crippen molar-refractivity contribution in [3.05, 3.63) is 0 Å². The Morgan fingerprint density at radius 2 is 2.00 bits per heavy atom. The summed E-state index contributed by atoms with van der Waals surface area (Å²) in [7, 11) is 0. The molecule has 0 bridgehead atoms. The van der Waals surface area contributed by atoms with Crippen LogP contribution in [0.3, 0.4) is 0 Å². The molecule has 0 aliphatic carbocycles. The predicted octanol–water partition coefficient (Wildman–Crippen LogP) is 1.34. The molecule has 84 valence electrons. The summed E-state index contributed by atoms with van der Waals surface area (Å²) in [5, 5.41) is 10.3. The zero-order valence-electron chi connectivity index (χ0n) is 7.44. The molecular weight excluding hydrogens is 206 g/mol. The number of hydrogen-bond acceptors (Lipinski definition) is 2. The maximum absolute atomic E-state index is 12.3. The summed E-state index contributed by atoms with van der Waals surface area (Å²) in [6.07, 6.45) is -3.74. The van der Waals surface area contributed by atoms with E-state index in [-0.39, 0.29) is 6.42 Å². The Bertz CT molecular complexity index is 198. The second-order valence-electron chi connectivity index (χ2n) is 2.74. The number of halogens is 4. The summed E-state index contributed by atoms with van der Waals surface area (Å²) >= 11 is 0. The highest BCUT2D eigenvalue weighted by Gasteiger charge is 2.41. The molecule has 1 unspecified atom stereocenters. The van der Waals surface area contributed by atoms with Crippen molar-refractivity contribution in [2.45, 2.75) is 31.7 Å².